The Bertz CT molecular complexity index is 1750. The molecular formula is C34H29F7N2O5. The third-order valence-corrected chi connectivity index (χ3v) is 8.71. The lowest BCUT2D eigenvalue weighted by atomic mass is 9.68. The Hall–Kier alpha value is -4.56. The molecule has 0 unspecified atom stereocenters. The molecule has 1 aromatic heterocycles. The Kier molecular flexibility index (Phi) is 9.53. The van der Waals surface area contributed by atoms with Gasteiger partial charge in [0.1, 0.15) is 0 Å². The molecule has 0 bridgehead atoms. The molecular weight excluding hydrogens is 649 g/mol. The number of fused-ring (bicyclic) bond motifs is 1. The smallest absolute Gasteiger partial charge is 0.416 e. The maximum absolute atomic E-state index is 14.0. The first-order valence-electron chi connectivity index (χ1n) is 14.8. The highest BCUT2D eigenvalue weighted by molar-refractivity contribution is 6.22. The van der Waals surface area contributed by atoms with Crippen LogP contribution in [0.2, 0.25) is 0 Å². The van der Waals surface area contributed by atoms with Crippen molar-refractivity contribution >= 4 is 29.2 Å². The van der Waals surface area contributed by atoms with Gasteiger partial charge in [0.05, 0.1) is 47.1 Å². The van der Waals surface area contributed by atoms with E-state index in [1.807, 2.05) is 0 Å². The maximum atomic E-state index is 14.0. The Morgan fingerprint density at radius 3 is 2.23 bits per heavy atom. The minimum absolute atomic E-state index is 0.00203. The Morgan fingerprint density at radius 2 is 1.67 bits per heavy atom. The number of aromatic nitrogens is 1. The molecule has 1 saturated heterocycles. The molecule has 254 valence electrons. The SMILES string of the molecule is CC1=C([C@H](O)CC/C(=C/c2ccc(O)c(F)c2)c2ccccn2)[C@H](CO)[C@@H]2C(=O)N(c3cc(C(F)(F)F)cc(C(F)(F)F)c3)C(=O)[C@@H]2C1. The van der Waals surface area contributed by atoms with Gasteiger partial charge in [-0.15, -0.1) is 0 Å². The lowest BCUT2D eigenvalue weighted by Crippen LogP contribution is -2.38. The molecule has 1 aliphatic heterocycles. The van der Waals surface area contributed by atoms with E-state index < -0.39 is 83.0 Å². The summed E-state index contributed by atoms with van der Waals surface area (Å²) in [5, 5.41) is 31.4. The summed E-state index contributed by atoms with van der Waals surface area (Å²) in [6.45, 7) is 0.822. The van der Waals surface area contributed by atoms with E-state index in [1.54, 1.807) is 31.2 Å². The van der Waals surface area contributed by atoms with Crippen LogP contribution in [0.3, 0.4) is 0 Å². The molecule has 14 heteroatoms. The maximum Gasteiger partial charge on any atom is 0.416 e. The fourth-order valence-electron chi connectivity index (χ4n) is 6.53. The number of phenolic OH excluding ortho intramolecular Hbond substituents is 1. The molecule has 0 radical (unpaired) electrons. The average molecular weight is 679 g/mol. The molecule has 2 aliphatic rings. The zero-order valence-electron chi connectivity index (χ0n) is 25.2. The number of pyridine rings is 1. The van der Waals surface area contributed by atoms with Gasteiger partial charge in [0, 0.05) is 12.1 Å². The molecule has 1 fully saturated rings. The normalized spacial score (nSPS) is 21.2. The first kappa shape index (κ1) is 34.8. The molecule has 0 saturated carbocycles. The van der Waals surface area contributed by atoms with Crippen molar-refractivity contribution in [1.82, 2.24) is 4.98 Å². The lowest BCUT2D eigenvalue weighted by Gasteiger charge is -2.35. The van der Waals surface area contributed by atoms with Crippen LogP contribution in [0.5, 0.6) is 5.75 Å². The van der Waals surface area contributed by atoms with Crippen molar-refractivity contribution in [3.05, 3.63) is 100 Å². The van der Waals surface area contributed by atoms with Gasteiger partial charge in [-0.25, -0.2) is 9.29 Å². The largest absolute Gasteiger partial charge is 0.505 e. The van der Waals surface area contributed by atoms with Gasteiger partial charge in [-0.3, -0.25) is 14.6 Å². The molecule has 0 spiro atoms. The van der Waals surface area contributed by atoms with Crippen LogP contribution in [-0.2, 0) is 21.9 Å². The van der Waals surface area contributed by atoms with Crippen LogP contribution in [0.25, 0.3) is 11.6 Å². The summed E-state index contributed by atoms with van der Waals surface area (Å²) in [6, 6.07) is 9.36. The van der Waals surface area contributed by atoms with Gasteiger partial charge in [-0.05, 0) is 91.4 Å². The summed E-state index contributed by atoms with van der Waals surface area (Å²) in [6.07, 6.45) is -8.56. The van der Waals surface area contributed by atoms with E-state index in [9.17, 15) is 55.6 Å². The number of imide groups is 1. The number of aromatic hydroxyl groups is 1. The van der Waals surface area contributed by atoms with Gasteiger partial charge in [0.2, 0.25) is 11.8 Å². The highest BCUT2D eigenvalue weighted by Gasteiger charge is 2.55. The number of amides is 2. The molecule has 48 heavy (non-hydrogen) atoms. The number of hydrogen-bond donors (Lipinski definition) is 3. The number of carbonyl (C=O) groups excluding carboxylic acids is 2. The average Bonchev–Trinajstić information content (AvgIpc) is 3.27. The van der Waals surface area contributed by atoms with Crippen molar-refractivity contribution in [2.45, 2.75) is 44.6 Å². The Balaban J connectivity index is 1.44. The van der Waals surface area contributed by atoms with Crippen molar-refractivity contribution in [3.8, 4) is 5.75 Å². The van der Waals surface area contributed by atoms with Crippen LogP contribution in [0.15, 0.2) is 71.9 Å². The highest BCUT2D eigenvalue weighted by atomic mass is 19.4. The van der Waals surface area contributed by atoms with Gasteiger partial charge in [-0.1, -0.05) is 17.7 Å². The van der Waals surface area contributed by atoms with E-state index in [0.29, 0.717) is 39.4 Å². The number of allylic oxidation sites excluding steroid dienone is 2. The van der Waals surface area contributed by atoms with Crippen molar-refractivity contribution in [1.29, 1.82) is 0 Å². The zero-order valence-corrected chi connectivity index (χ0v) is 25.2. The van der Waals surface area contributed by atoms with Crippen LogP contribution >= 0.6 is 0 Å². The van der Waals surface area contributed by atoms with Crippen LogP contribution in [0.4, 0.5) is 36.4 Å². The monoisotopic (exact) mass is 678 g/mol. The second kappa shape index (κ2) is 13.2. The van der Waals surface area contributed by atoms with Crippen LogP contribution < -0.4 is 4.90 Å². The van der Waals surface area contributed by atoms with Crippen molar-refractivity contribution in [3.63, 3.8) is 0 Å². The third-order valence-electron chi connectivity index (χ3n) is 8.71. The van der Waals surface area contributed by atoms with Gasteiger partial charge < -0.3 is 15.3 Å². The van der Waals surface area contributed by atoms with E-state index >= 15 is 0 Å². The van der Waals surface area contributed by atoms with Crippen LogP contribution in [0.1, 0.15) is 48.6 Å². The first-order valence-corrected chi connectivity index (χ1v) is 14.8. The Labute approximate surface area is 269 Å². The van der Waals surface area contributed by atoms with E-state index in [-0.39, 0.29) is 30.9 Å². The molecule has 3 N–H and O–H groups in total. The summed E-state index contributed by atoms with van der Waals surface area (Å²) in [4.78, 5) is 31.8. The van der Waals surface area contributed by atoms with Gasteiger partial charge in [-0.2, -0.15) is 26.3 Å². The summed E-state index contributed by atoms with van der Waals surface area (Å²) < 4.78 is 95.4. The predicted molar refractivity (Wildman–Crippen MR) is 159 cm³/mol. The fraction of sp³-hybridized carbons (Fsp3) is 0.324. The number of aliphatic hydroxyl groups excluding tert-OH is 2. The Morgan fingerprint density at radius 1 is 1.00 bits per heavy atom. The first-order chi connectivity index (χ1) is 22.5. The minimum atomic E-state index is -5.21. The fourth-order valence-corrected chi connectivity index (χ4v) is 6.53. The third kappa shape index (κ3) is 6.85. The molecule has 2 heterocycles. The summed E-state index contributed by atoms with van der Waals surface area (Å²) >= 11 is 0. The van der Waals surface area contributed by atoms with Gasteiger partial charge in [0.15, 0.2) is 11.6 Å². The molecule has 5 rings (SSSR count). The molecule has 4 atom stereocenters. The number of anilines is 1. The predicted octanol–water partition coefficient (Wildman–Crippen LogP) is 6.78. The van der Waals surface area contributed by atoms with Crippen molar-refractivity contribution < 1.29 is 55.6 Å². The number of carbonyl (C=O) groups is 2. The molecule has 1 aliphatic carbocycles. The quantitative estimate of drug-likeness (QED) is 0.138. The molecule has 3 aromatic rings. The van der Waals surface area contributed by atoms with Gasteiger partial charge in [0.25, 0.3) is 0 Å². The lowest BCUT2D eigenvalue weighted by molar-refractivity contribution is -0.143. The molecule has 2 amide bonds. The second-order valence-electron chi connectivity index (χ2n) is 11.8. The number of nitrogens with zero attached hydrogens (tertiary/aromatic N) is 2. The molecule has 2 aromatic carbocycles. The highest BCUT2D eigenvalue weighted by Crippen LogP contribution is 2.48. The van der Waals surface area contributed by atoms with E-state index in [2.05, 4.69) is 4.98 Å². The minimum Gasteiger partial charge on any atom is -0.505 e. The topological polar surface area (TPSA) is 111 Å². The number of aliphatic hydroxyl groups is 2. The van der Waals surface area contributed by atoms with Crippen LogP contribution in [-0.4, -0.2) is 44.8 Å². The number of alkyl halides is 6. The van der Waals surface area contributed by atoms with Crippen LogP contribution in [0, 0.1) is 23.6 Å². The zero-order chi connectivity index (χ0) is 35.1. The number of rotatable bonds is 8. The van der Waals surface area contributed by atoms with Crippen molar-refractivity contribution in [2.75, 3.05) is 11.5 Å². The number of benzene rings is 2. The van der Waals surface area contributed by atoms with E-state index in [0.717, 1.165) is 6.07 Å². The molecule has 7 nitrogen and oxygen atoms in total. The van der Waals surface area contributed by atoms with Gasteiger partial charge >= 0.3 is 12.4 Å². The van der Waals surface area contributed by atoms with E-state index in [4.69, 9.17) is 0 Å². The standard InChI is InChI=1S/C34H29F7N2O5/c1-17-10-23-30(32(48)43(31(23)47)22-14-20(33(36,37)38)13-21(15-22)34(39,40)41)24(16-44)29(17)28(46)8-6-19(26-4-2-3-9-42-26)11-18-5-7-27(45)25(35)12-18/h2-5,7,9,11-15,23-24,28,30,44-46H,6,8,10,16H2,1H3/b19-11-/t23-,24+,28-,30-/m1/s1. The second-order valence-corrected chi connectivity index (χ2v) is 11.8. The van der Waals surface area contributed by atoms with E-state index in [1.165, 1.54) is 18.3 Å². The summed E-state index contributed by atoms with van der Waals surface area (Å²) in [5.41, 5.74) is -2.16. The van der Waals surface area contributed by atoms with Crippen molar-refractivity contribution in [2.24, 2.45) is 17.8 Å². The number of hydrogen-bond acceptors (Lipinski definition) is 6. The summed E-state index contributed by atoms with van der Waals surface area (Å²) in [7, 11) is 0. The summed E-state index contributed by atoms with van der Waals surface area (Å²) in [5.74, 6) is -7.20. The number of halogens is 7. The number of phenols is 1.